The van der Waals surface area contributed by atoms with Crippen LogP contribution >= 0.6 is 0 Å². The van der Waals surface area contributed by atoms with Gasteiger partial charge in [0.25, 0.3) is 13.6 Å². The molecule has 0 aliphatic heterocycles. The van der Waals surface area contributed by atoms with E-state index in [0.29, 0.717) is 10.8 Å². The zero-order valence-electron chi connectivity index (χ0n) is 27.8. The number of allylic oxidation sites excluding steroid dienone is 1. The van der Waals surface area contributed by atoms with Crippen LogP contribution < -0.4 is 0 Å². The molecule has 4 aliphatic rings. The first kappa shape index (κ1) is 36.2. The first-order valence-corrected chi connectivity index (χ1v) is 16.5. The van der Waals surface area contributed by atoms with E-state index in [1.54, 1.807) is 51.4 Å². The van der Waals surface area contributed by atoms with Gasteiger partial charge in [0.2, 0.25) is 0 Å². The van der Waals surface area contributed by atoms with E-state index in [-0.39, 0.29) is 0 Å². The molecule has 0 heterocycles. The number of rotatable bonds is 4. The van der Waals surface area contributed by atoms with E-state index < -0.39 is 0 Å². The molecule has 9 atom stereocenters. The molecule has 0 bridgehead atoms. The lowest BCUT2D eigenvalue weighted by atomic mass is 9.47. The fourth-order valence-corrected chi connectivity index (χ4v) is 9.28. The van der Waals surface area contributed by atoms with Crippen LogP contribution in [0.3, 0.4) is 0 Å². The smallest absolute Gasteiger partial charge is 0.100 e. The van der Waals surface area contributed by atoms with E-state index in [1.165, 1.54) is 38.3 Å². The predicted octanol–water partition coefficient (Wildman–Crippen LogP) is 12.3. The highest BCUT2D eigenvalue weighted by Crippen LogP contribution is 2.66. The van der Waals surface area contributed by atoms with Gasteiger partial charge in [-0.1, -0.05) is 85.6 Å². The van der Waals surface area contributed by atoms with Crippen molar-refractivity contribution in [2.75, 3.05) is 7.05 Å². The number of hydrogen-bond acceptors (Lipinski definition) is 0. The van der Waals surface area contributed by atoms with Crippen LogP contribution in [-0.2, 0) is 0 Å². The molecule has 4 fully saturated rings. The molecular formula is C36H70N+. The van der Waals surface area contributed by atoms with Gasteiger partial charge in [-0.2, -0.15) is 0 Å². The third-order valence-corrected chi connectivity index (χ3v) is 10.6. The molecule has 218 valence electrons. The van der Waals surface area contributed by atoms with Gasteiger partial charge in [-0.3, -0.25) is 0 Å². The van der Waals surface area contributed by atoms with Gasteiger partial charge in [-0.05, 0) is 130 Å². The lowest BCUT2D eigenvalue weighted by molar-refractivity contribution is -0.0836. The Hall–Kier alpha value is -0.770. The predicted molar refractivity (Wildman–Crippen MR) is 170 cm³/mol. The Morgan fingerprint density at radius 1 is 0.892 bits per heavy atom. The molecule has 37 heavy (non-hydrogen) atoms. The van der Waals surface area contributed by atoms with E-state index in [0.717, 1.165) is 41.4 Å². The summed E-state index contributed by atoms with van der Waals surface area (Å²) in [6.07, 6.45) is 18.3. The summed E-state index contributed by atoms with van der Waals surface area (Å²) in [6, 6.07) is 0. The Balaban J connectivity index is 0.00000102. The second kappa shape index (κ2) is 17.7. The zero-order chi connectivity index (χ0) is 28.8. The fraction of sp³-hybridized carbons (Fsp3) is 0.917. The molecule has 0 amide bonds. The summed E-state index contributed by atoms with van der Waals surface area (Å²) >= 11 is 0. The number of hydrogen-bond donors (Lipinski definition) is 0. The summed E-state index contributed by atoms with van der Waals surface area (Å²) in [6.45, 7) is 32.7. The van der Waals surface area contributed by atoms with Gasteiger partial charge in [0.15, 0.2) is 0 Å². The minimum atomic E-state index is 0.681. The Labute approximate surface area is 235 Å². The quantitative estimate of drug-likeness (QED) is 0.327. The van der Waals surface area contributed by atoms with E-state index in [9.17, 15) is 0 Å². The van der Waals surface area contributed by atoms with Gasteiger partial charge in [0.1, 0.15) is 0 Å². The molecule has 0 aromatic rings. The highest BCUT2D eigenvalue weighted by Gasteiger charge is 2.57. The SMILES string of the molecule is C#[N+]C.C=C(C)C.CC.CC.CCC[C@@]1(C)CCC2C(CCC3C2CCC2(C)C3CC[C@@H]2[C@H](C)CC)C1. The third kappa shape index (κ3) is 9.43. The molecule has 4 rings (SSSR count). The lowest BCUT2D eigenvalue weighted by Gasteiger charge is -2.58. The van der Waals surface area contributed by atoms with Crippen molar-refractivity contribution in [1.29, 1.82) is 0 Å². The van der Waals surface area contributed by atoms with Crippen LogP contribution in [0.1, 0.15) is 153 Å². The Morgan fingerprint density at radius 3 is 1.95 bits per heavy atom. The summed E-state index contributed by atoms with van der Waals surface area (Å²) in [5.74, 6) is 7.43. The van der Waals surface area contributed by atoms with Crippen molar-refractivity contribution in [2.45, 2.75) is 153 Å². The average Bonchev–Trinajstić information content (AvgIpc) is 3.23. The van der Waals surface area contributed by atoms with Crippen LogP contribution in [-0.4, -0.2) is 7.05 Å². The normalized spacial score (nSPS) is 37.8. The Morgan fingerprint density at radius 2 is 1.43 bits per heavy atom. The van der Waals surface area contributed by atoms with Crippen molar-refractivity contribution >= 4 is 0 Å². The maximum absolute atomic E-state index is 4.47. The summed E-state index contributed by atoms with van der Waals surface area (Å²) in [5.41, 5.74) is 2.54. The number of fused-ring (bicyclic) bond motifs is 5. The molecule has 0 aromatic carbocycles. The van der Waals surface area contributed by atoms with Crippen molar-refractivity contribution in [3.63, 3.8) is 0 Å². The van der Waals surface area contributed by atoms with E-state index >= 15 is 0 Å². The Kier molecular flexibility index (Phi) is 17.4. The first-order chi connectivity index (χ1) is 17.6. The molecule has 0 aromatic heterocycles. The highest BCUT2D eigenvalue weighted by atomic mass is 14.6. The zero-order valence-corrected chi connectivity index (χ0v) is 27.8. The van der Waals surface area contributed by atoms with Gasteiger partial charge in [-0.15, -0.1) is 6.58 Å². The standard InChI is InChI=1S/C26H46.C4H8.C2H4N.2C2H6/c1-6-14-25(4)15-12-20-19(17-25)8-9-22-21(20)13-16-26(5)23(18(3)7-2)10-11-24(22)26;1-4(2)3;1-3-2;2*1-2/h18-24H,6-17H2,1-5H3;1H2,2-3H3;1H,2H3;2*1-2H3/q;;+1;;/t18-,19?,20?,21?,22?,23-,24?,25+,26?;;;;/m1..../s1. The molecular weight excluding hydrogens is 446 g/mol. The van der Waals surface area contributed by atoms with E-state index in [1.807, 2.05) is 41.5 Å². The molecule has 0 spiro atoms. The van der Waals surface area contributed by atoms with Gasteiger partial charge in [-0.25, -0.2) is 0 Å². The maximum Gasteiger partial charge on any atom is 0.257 e. The largest absolute Gasteiger partial charge is 0.257 e. The minimum absolute atomic E-state index is 0.681. The van der Waals surface area contributed by atoms with Gasteiger partial charge in [0.05, 0.1) is 0 Å². The Bertz CT molecular complexity index is 654. The second-order valence-electron chi connectivity index (χ2n) is 13.3. The van der Waals surface area contributed by atoms with Crippen molar-refractivity contribution in [2.24, 2.45) is 52.3 Å². The van der Waals surface area contributed by atoms with Crippen LogP contribution in [0.15, 0.2) is 12.2 Å². The third-order valence-electron chi connectivity index (χ3n) is 10.6. The van der Waals surface area contributed by atoms with Crippen molar-refractivity contribution < 1.29 is 0 Å². The van der Waals surface area contributed by atoms with Crippen LogP contribution in [0.2, 0.25) is 0 Å². The van der Waals surface area contributed by atoms with Crippen LogP contribution in [0, 0.1) is 58.8 Å². The molecule has 0 saturated heterocycles. The first-order valence-electron chi connectivity index (χ1n) is 16.5. The number of nitrogens with zero attached hydrogens (tertiary/aromatic N) is 1. The molecule has 0 radical (unpaired) electrons. The topological polar surface area (TPSA) is 4.36 Å². The molecule has 4 aliphatic carbocycles. The summed E-state index contributed by atoms with van der Waals surface area (Å²) < 4.78 is 0. The van der Waals surface area contributed by atoms with Crippen molar-refractivity contribution in [3.05, 3.63) is 17.0 Å². The summed E-state index contributed by atoms with van der Waals surface area (Å²) in [5, 5.41) is 0. The molecule has 0 N–H and O–H groups in total. The van der Waals surface area contributed by atoms with E-state index in [4.69, 9.17) is 0 Å². The minimum Gasteiger partial charge on any atom is -0.100 e. The summed E-state index contributed by atoms with van der Waals surface area (Å²) in [7, 11) is 1.53. The monoisotopic (exact) mass is 517 g/mol. The van der Waals surface area contributed by atoms with Gasteiger partial charge in [0, 0.05) is 0 Å². The molecule has 6 unspecified atom stereocenters. The highest BCUT2D eigenvalue weighted by molar-refractivity contribution is 5.07. The van der Waals surface area contributed by atoms with Crippen LogP contribution in [0.5, 0.6) is 0 Å². The van der Waals surface area contributed by atoms with Crippen LogP contribution in [0.25, 0.3) is 4.85 Å². The van der Waals surface area contributed by atoms with Gasteiger partial charge >= 0.3 is 0 Å². The van der Waals surface area contributed by atoms with Gasteiger partial charge < -0.3 is 0 Å². The van der Waals surface area contributed by atoms with Crippen LogP contribution in [0.4, 0.5) is 0 Å². The molecule has 1 nitrogen and oxygen atoms in total. The second-order valence-corrected chi connectivity index (χ2v) is 13.3. The van der Waals surface area contributed by atoms with Crippen molar-refractivity contribution in [3.8, 4) is 6.57 Å². The molecule has 4 saturated carbocycles. The molecule has 1 heteroatoms. The maximum atomic E-state index is 4.47. The fourth-order valence-electron chi connectivity index (χ4n) is 9.28. The van der Waals surface area contributed by atoms with Crippen molar-refractivity contribution in [1.82, 2.24) is 0 Å². The summed E-state index contributed by atoms with van der Waals surface area (Å²) in [4.78, 5) is 3.00. The average molecular weight is 517 g/mol. The lowest BCUT2D eigenvalue weighted by Crippen LogP contribution is -2.50. The van der Waals surface area contributed by atoms with E-state index in [2.05, 4.69) is 52.6 Å².